The second-order valence-electron chi connectivity index (χ2n) is 5.85. The summed E-state index contributed by atoms with van der Waals surface area (Å²) in [4.78, 5) is 15.0. The van der Waals surface area contributed by atoms with E-state index in [1.54, 1.807) is 0 Å². The molecule has 3 N–H and O–H groups in total. The lowest BCUT2D eigenvalue weighted by Gasteiger charge is -2.34. The number of nitrogens with zero attached hydrogens (tertiary/aromatic N) is 3. The third-order valence-electron chi connectivity index (χ3n) is 4.20. The Balaban J connectivity index is 1.75. The van der Waals surface area contributed by atoms with E-state index in [1.165, 1.54) is 0 Å². The Hall–Kier alpha value is -2.60. The number of H-pyrrole nitrogens is 1. The molecule has 118 valence electrons. The maximum Gasteiger partial charge on any atom is 0.229 e. The normalized spacial score (nSPS) is 18.3. The quantitative estimate of drug-likeness (QED) is 0.693. The van der Waals surface area contributed by atoms with Crippen LogP contribution in [0.2, 0.25) is 0 Å². The first kappa shape index (κ1) is 14.0. The molecule has 0 amide bonds. The summed E-state index contributed by atoms with van der Waals surface area (Å²) in [7, 11) is 0. The van der Waals surface area contributed by atoms with Gasteiger partial charge in [-0.2, -0.15) is 9.97 Å². The van der Waals surface area contributed by atoms with Crippen LogP contribution in [-0.2, 0) is 0 Å². The number of aromatic amines is 1. The van der Waals surface area contributed by atoms with Gasteiger partial charge in [-0.15, -0.1) is 0 Å². The lowest BCUT2D eigenvalue weighted by molar-refractivity contribution is 0.493. The molecule has 1 saturated heterocycles. The molecule has 0 aliphatic carbocycles. The number of para-hydroxylation sites is 1. The molecule has 1 aliphatic rings. The van der Waals surface area contributed by atoms with E-state index in [1.807, 2.05) is 42.6 Å². The third-order valence-corrected chi connectivity index (χ3v) is 4.20. The summed E-state index contributed by atoms with van der Waals surface area (Å²) < 4.78 is 0. The van der Waals surface area contributed by atoms with Gasteiger partial charge in [-0.05, 0) is 25.1 Å². The van der Waals surface area contributed by atoms with E-state index in [0.717, 1.165) is 48.1 Å². The van der Waals surface area contributed by atoms with Gasteiger partial charge in [-0.25, -0.2) is 0 Å². The van der Waals surface area contributed by atoms with E-state index in [9.17, 15) is 0 Å². The molecule has 23 heavy (non-hydrogen) atoms. The van der Waals surface area contributed by atoms with Gasteiger partial charge < -0.3 is 20.5 Å². The second-order valence-corrected chi connectivity index (χ2v) is 5.85. The smallest absolute Gasteiger partial charge is 0.229 e. The summed E-state index contributed by atoms with van der Waals surface area (Å²) in [5.41, 5.74) is 1.88. The zero-order valence-corrected chi connectivity index (χ0v) is 13.1. The molecule has 4 rings (SSSR count). The van der Waals surface area contributed by atoms with Crippen molar-refractivity contribution in [3.05, 3.63) is 42.6 Å². The highest BCUT2D eigenvalue weighted by Crippen LogP contribution is 2.26. The summed E-state index contributed by atoms with van der Waals surface area (Å²) in [6, 6.07) is 12.5. The molecule has 1 aliphatic heterocycles. The largest absolute Gasteiger partial charge is 0.346 e. The van der Waals surface area contributed by atoms with E-state index in [2.05, 4.69) is 27.4 Å². The minimum atomic E-state index is 0.376. The van der Waals surface area contributed by atoms with Crippen LogP contribution in [0.1, 0.15) is 6.92 Å². The van der Waals surface area contributed by atoms with Gasteiger partial charge >= 0.3 is 0 Å². The zero-order chi connectivity index (χ0) is 15.6. The highest BCUT2D eigenvalue weighted by molar-refractivity contribution is 5.90. The van der Waals surface area contributed by atoms with Crippen molar-refractivity contribution in [1.29, 1.82) is 0 Å². The first-order valence-electron chi connectivity index (χ1n) is 7.96. The predicted molar refractivity (Wildman–Crippen MR) is 93.3 cm³/mol. The maximum absolute atomic E-state index is 4.80. The number of aromatic nitrogens is 3. The summed E-state index contributed by atoms with van der Waals surface area (Å²) in [5.74, 6) is 1.61. The van der Waals surface area contributed by atoms with Crippen LogP contribution in [0.5, 0.6) is 0 Å². The van der Waals surface area contributed by atoms with Gasteiger partial charge in [0.2, 0.25) is 5.95 Å². The fraction of sp³-hybridized carbons (Fsp3) is 0.294. The summed E-state index contributed by atoms with van der Waals surface area (Å²) in [6.45, 7) is 5.02. The molecule has 0 saturated carbocycles. The standard InChI is InChI=1S/C17H20N6/c1-12-11-18-9-10-23(12)17-21-15-14(7-8-19-15)16(22-17)20-13-5-3-2-4-6-13/h2-8,12,18H,9-11H2,1H3,(H2,19,20,21,22). The minimum absolute atomic E-state index is 0.376. The van der Waals surface area contributed by atoms with Gasteiger partial charge in [0.1, 0.15) is 11.5 Å². The molecule has 0 bridgehead atoms. The van der Waals surface area contributed by atoms with Gasteiger partial charge in [-0.1, -0.05) is 18.2 Å². The van der Waals surface area contributed by atoms with Crippen molar-refractivity contribution in [1.82, 2.24) is 20.3 Å². The molecular formula is C17H20N6. The lowest BCUT2D eigenvalue weighted by Crippen LogP contribution is -2.50. The Labute approximate surface area is 134 Å². The topological polar surface area (TPSA) is 68.9 Å². The number of piperazine rings is 1. The third kappa shape index (κ3) is 2.73. The summed E-state index contributed by atoms with van der Waals surface area (Å²) in [6.07, 6.45) is 1.90. The maximum atomic E-state index is 4.80. The second kappa shape index (κ2) is 5.89. The molecule has 0 spiro atoms. The van der Waals surface area contributed by atoms with Crippen LogP contribution in [0.3, 0.4) is 0 Å². The fourth-order valence-corrected chi connectivity index (χ4v) is 2.95. The number of hydrogen-bond acceptors (Lipinski definition) is 5. The van der Waals surface area contributed by atoms with Crippen LogP contribution >= 0.6 is 0 Å². The Morgan fingerprint density at radius 1 is 1.17 bits per heavy atom. The molecule has 1 atom stereocenters. The Bertz CT molecular complexity index is 797. The number of hydrogen-bond donors (Lipinski definition) is 3. The van der Waals surface area contributed by atoms with Crippen molar-refractivity contribution in [2.24, 2.45) is 0 Å². The molecule has 0 radical (unpaired) electrons. The molecule has 6 heteroatoms. The molecule has 1 fully saturated rings. The Morgan fingerprint density at radius 3 is 2.87 bits per heavy atom. The van der Waals surface area contributed by atoms with Crippen molar-refractivity contribution in [2.75, 3.05) is 29.9 Å². The Morgan fingerprint density at radius 2 is 2.04 bits per heavy atom. The zero-order valence-electron chi connectivity index (χ0n) is 13.1. The average molecular weight is 308 g/mol. The Kier molecular flexibility index (Phi) is 3.59. The molecular weight excluding hydrogens is 288 g/mol. The first-order valence-corrected chi connectivity index (χ1v) is 7.96. The highest BCUT2D eigenvalue weighted by atomic mass is 15.3. The van der Waals surface area contributed by atoms with E-state index in [-0.39, 0.29) is 0 Å². The number of anilines is 3. The molecule has 1 unspecified atom stereocenters. The van der Waals surface area contributed by atoms with Gasteiger partial charge in [0.25, 0.3) is 0 Å². The molecule has 1 aromatic carbocycles. The van der Waals surface area contributed by atoms with E-state index < -0.39 is 0 Å². The van der Waals surface area contributed by atoms with E-state index in [4.69, 9.17) is 9.97 Å². The SMILES string of the molecule is CC1CNCCN1c1nc(Nc2ccccc2)c2cc[nH]c2n1. The molecule has 2 aromatic heterocycles. The van der Waals surface area contributed by atoms with Gasteiger partial charge in [0.05, 0.1) is 5.39 Å². The van der Waals surface area contributed by atoms with Gasteiger partial charge in [-0.3, -0.25) is 0 Å². The van der Waals surface area contributed by atoms with Crippen molar-refractivity contribution in [3.63, 3.8) is 0 Å². The van der Waals surface area contributed by atoms with E-state index >= 15 is 0 Å². The number of nitrogens with one attached hydrogen (secondary N) is 3. The summed E-state index contributed by atoms with van der Waals surface area (Å²) >= 11 is 0. The van der Waals surface area contributed by atoms with E-state index in [0.29, 0.717) is 6.04 Å². The average Bonchev–Trinajstić information content (AvgIpc) is 3.05. The van der Waals surface area contributed by atoms with Crippen molar-refractivity contribution in [2.45, 2.75) is 13.0 Å². The minimum Gasteiger partial charge on any atom is -0.346 e. The molecule has 6 nitrogen and oxygen atoms in total. The van der Waals surface area contributed by atoms with Crippen molar-refractivity contribution < 1.29 is 0 Å². The highest BCUT2D eigenvalue weighted by Gasteiger charge is 2.22. The predicted octanol–water partition coefficient (Wildman–Crippen LogP) is 2.50. The lowest BCUT2D eigenvalue weighted by atomic mass is 10.2. The molecule has 3 aromatic rings. The van der Waals surface area contributed by atoms with Gasteiger partial charge in [0, 0.05) is 37.6 Å². The van der Waals surface area contributed by atoms with Crippen LogP contribution in [0.4, 0.5) is 17.5 Å². The first-order chi connectivity index (χ1) is 11.3. The van der Waals surface area contributed by atoms with Crippen LogP contribution in [0, 0.1) is 0 Å². The van der Waals surface area contributed by atoms with Crippen LogP contribution in [0.15, 0.2) is 42.6 Å². The van der Waals surface area contributed by atoms with Crippen LogP contribution < -0.4 is 15.5 Å². The number of benzene rings is 1. The number of rotatable bonds is 3. The van der Waals surface area contributed by atoms with Crippen LogP contribution in [0.25, 0.3) is 11.0 Å². The van der Waals surface area contributed by atoms with Gasteiger partial charge in [0.15, 0.2) is 0 Å². The number of fused-ring (bicyclic) bond motifs is 1. The van der Waals surface area contributed by atoms with Crippen molar-refractivity contribution in [3.8, 4) is 0 Å². The van der Waals surface area contributed by atoms with Crippen LogP contribution in [-0.4, -0.2) is 40.6 Å². The molecule has 3 heterocycles. The fourth-order valence-electron chi connectivity index (χ4n) is 2.95. The monoisotopic (exact) mass is 308 g/mol. The summed E-state index contributed by atoms with van der Waals surface area (Å²) in [5, 5.41) is 7.81. The van der Waals surface area contributed by atoms with Crippen molar-refractivity contribution >= 4 is 28.5 Å².